The Morgan fingerprint density at radius 1 is 1.04 bits per heavy atom. The number of fused-ring (bicyclic) bond motifs is 1. The number of furan rings is 1. The Morgan fingerprint density at radius 2 is 1.85 bits per heavy atom. The van der Waals surface area contributed by atoms with Gasteiger partial charge in [0.2, 0.25) is 0 Å². The van der Waals surface area contributed by atoms with Gasteiger partial charge in [0.15, 0.2) is 5.76 Å². The number of nitrogens with one attached hydrogen (secondary N) is 1. The fraction of sp³-hybridized carbons (Fsp3) is 0.143. The van der Waals surface area contributed by atoms with E-state index in [2.05, 4.69) is 21.2 Å². The number of hydrogen-bond donors (Lipinski definition) is 1. The first kappa shape index (κ1) is 17.5. The molecule has 4 rings (SSSR count). The maximum absolute atomic E-state index is 12.5. The van der Waals surface area contributed by atoms with Crippen molar-refractivity contribution in [1.82, 2.24) is 4.90 Å². The monoisotopic (exact) mass is 424 g/mol. The van der Waals surface area contributed by atoms with Crippen LogP contribution >= 0.6 is 15.9 Å². The molecule has 0 radical (unpaired) electrons. The summed E-state index contributed by atoms with van der Waals surface area (Å²) in [6.45, 7) is 1.15. The van der Waals surface area contributed by atoms with Gasteiger partial charge in [-0.2, -0.15) is 0 Å². The van der Waals surface area contributed by atoms with Gasteiger partial charge in [0.25, 0.3) is 11.8 Å². The Labute approximate surface area is 165 Å². The van der Waals surface area contributed by atoms with Crippen LogP contribution in [0.4, 0.5) is 5.69 Å². The molecule has 27 heavy (non-hydrogen) atoms. The van der Waals surface area contributed by atoms with Crippen LogP contribution in [-0.4, -0.2) is 23.3 Å². The molecule has 1 N–H and O–H groups in total. The van der Waals surface area contributed by atoms with Crippen molar-refractivity contribution in [2.75, 3.05) is 11.9 Å². The van der Waals surface area contributed by atoms with Gasteiger partial charge >= 0.3 is 0 Å². The number of halogens is 1. The second kappa shape index (κ2) is 7.40. The number of benzene rings is 2. The van der Waals surface area contributed by atoms with E-state index in [0.717, 1.165) is 16.5 Å². The molecule has 0 fully saturated rings. The summed E-state index contributed by atoms with van der Waals surface area (Å²) >= 11 is 3.36. The Hall–Kier alpha value is -2.86. The zero-order valence-electron chi connectivity index (χ0n) is 14.4. The van der Waals surface area contributed by atoms with Crippen molar-refractivity contribution in [3.05, 3.63) is 87.8 Å². The van der Waals surface area contributed by atoms with Crippen LogP contribution in [0.15, 0.2) is 69.8 Å². The van der Waals surface area contributed by atoms with Crippen molar-refractivity contribution in [3.63, 3.8) is 0 Å². The average Bonchev–Trinajstić information content (AvgIpc) is 3.22. The number of rotatable bonds is 3. The average molecular weight is 425 g/mol. The molecule has 0 atom stereocenters. The first-order valence-electron chi connectivity index (χ1n) is 8.61. The lowest BCUT2D eigenvalue weighted by molar-refractivity contribution is 0.0702. The van der Waals surface area contributed by atoms with E-state index in [0.29, 0.717) is 30.1 Å². The van der Waals surface area contributed by atoms with Gasteiger partial charge in [0.05, 0.1) is 6.26 Å². The highest BCUT2D eigenvalue weighted by Gasteiger charge is 2.23. The van der Waals surface area contributed by atoms with E-state index in [9.17, 15) is 9.59 Å². The molecule has 0 spiro atoms. The molecule has 1 aliphatic rings. The van der Waals surface area contributed by atoms with Crippen LogP contribution in [-0.2, 0) is 13.0 Å². The highest BCUT2D eigenvalue weighted by Crippen LogP contribution is 2.24. The topological polar surface area (TPSA) is 62.6 Å². The molecule has 0 saturated carbocycles. The predicted octanol–water partition coefficient (Wildman–Crippen LogP) is 4.49. The molecule has 2 heterocycles. The summed E-state index contributed by atoms with van der Waals surface area (Å²) in [6, 6.07) is 16.4. The molecule has 6 heteroatoms. The summed E-state index contributed by atoms with van der Waals surface area (Å²) in [5.74, 6) is 0.0647. The number of anilines is 1. The van der Waals surface area contributed by atoms with E-state index in [1.54, 1.807) is 29.2 Å². The predicted molar refractivity (Wildman–Crippen MR) is 106 cm³/mol. The highest BCUT2D eigenvalue weighted by atomic mass is 79.9. The standard InChI is InChI=1S/C21H17BrN2O3/c22-17-6-3-15(4-7-17)20(25)23-18-8-5-14-9-10-24(13-16(14)12-18)21(26)19-2-1-11-27-19/h1-8,11-12H,9-10,13H2,(H,23,25). The zero-order valence-corrected chi connectivity index (χ0v) is 16.0. The summed E-state index contributed by atoms with van der Waals surface area (Å²) in [7, 11) is 0. The lowest BCUT2D eigenvalue weighted by Gasteiger charge is -2.28. The van der Waals surface area contributed by atoms with Crippen LogP contribution in [0.2, 0.25) is 0 Å². The molecule has 0 saturated heterocycles. The maximum Gasteiger partial charge on any atom is 0.289 e. The van der Waals surface area contributed by atoms with Gasteiger partial charge in [0, 0.05) is 28.8 Å². The third-order valence-electron chi connectivity index (χ3n) is 4.60. The third kappa shape index (κ3) is 3.80. The molecule has 2 amide bonds. The van der Waals surface area contributed by atoms with Crippen molar-refractivity contribution in [2.45, 2.75) is 13.0 Å². The number of amides is 2. The van der Waals surface area contributed by atoms with Gasteiger partial charge in [-0.15, -0.1) is 0 Å². The van der Waals surface area contributed by atoms with Crippen LogP contribution in [0.3, 0.4) is 0 Å². The van der Waals surface area contributed by atoms with E-state index in [4.69, 9.17) is 4.42 Å². The van der Waals surface area contributed by atoms with Crippen LogP contribution < -0.4 is 5.32 Å². The summed E-state index contributed by atoms with van der Waals surface area (Å²) in [5.41, 5.74) is 3.54. The number of carbonyl (C=O) groups is 2. The largest absolute Gasteiger partial charge is 0.459 e. The quantitative estimate of drug-likeness (QED) is 0.673. The van der Waals surface area contributed by atoms with E-state index in [-0.39, 0.29) is 11.8 Å². The van der Waals surface area contributed by atoms with Crippen molar-refractivity contribution in [1.29, 1.82) is 0 Å². The van der Waals surface area contributed by atoms with Gasteiger partial charge in [-0.25, -0.2) is 0 Å². The van der Waals surface area contributed by atoms with Crippen LogP contribution in [0, 0.1) is 0 Å². The first-order chi connectivity index (χ1) is 13.1. The van der Waals surface area contributed by atoms with Crippen molar-refractivity contribution in [3.8, 4) is 0 Å². The Bertz CT molecular complexity index is 981. The van der Waals surface area contributed by atoms with Gasteiger partial charge < -0.3 is 14.6 Å². The van der Waals surface area contributed by atoms with E-state index in [1.807, 2.05) is 30.3 Å². The molecule has 0 bridgehead atoms. The molecular weight excluding hydrogens is 408 g/mol. The number of carbonyl (C=O) groups excluding carboxylic acids is 2. The summed E-state index contributed by atoms with van der Waals surface area (Å²) in [5, 5.41) is 2.92. The lowest BCUT2D eigenvalue weighted by Crippen LogP contribution is -2.35. The highest BCUT2D eigenvalue weighted by molar-refractivity contribution is 9.10. The lowest BCUT2D eigenvalue weighted by atomic mass is 9.98. The molecule has 1 aromatic heterocycles. The van der Waals surface area contributed by atoms with E-state index in [1.165, 1.54) is 11.8 Å². The third-order valence-corrected chi connectivity index (χ3v) is 5.13. The first-order valence-corrected chi connectivity index (χ1v) is 9.41. The Morgan fingerprint density at radius 3 is 2.59 bits per heavy atom. The molecule has 0 unspecified atom stereocenters. The van der Waals surface area contributed by atoms with Crippen molar-refractivity contribution >= 4 is 33.4 Å². The molecule has 2 aromatic carbocycles. The summed E-state index contributed by atoms with van der Waals surface area (Å²) < 4.78 is 6.14. The van der Waals surface area contributed by atoms with Gasteiger partial charge in [-0.05, 0) is 66.1 Å². The SMILES string of the molecule is O=C(Nc1ccc2c(c1)CN(C(=O)c1ccco1)CC2)c1ccc(Br)cc1. The van der Waals surface area contributed by atoms with E-state index >= 15 is 0 Å². The van der Waals surface area contributed by atoms with Gasteiger partial charge in [-0.1, -0.05) is 22.0 Å². The normalized spacial score (nSPS) is 13.1. The Kier molecular flexibility index (Phi) is 4.81. The molecule has 1 aliphatic heterocycles. The van der Waals surface area contributed by atoms with Crippen LogP contribution in [0.25, 0.3) is 0 Å². The second-order valence-electron chi connectivity index (χ2n) is 6.40. The summed E-state index contributed by atoms with van der Waals surface area (Å²) in [6.07, 6.45) is 2.28. The molecule has 0 aliphatic carbocycles. The minimum atomic E-state index is -0.165. The summed E-state index contributed by atoms with van der Waals surface area (Å²) in [4.78, 5) is 26.7. The minimum Gasteiger partial charge on any atom is -0.459 e. The maximum atomic E-state index is 12.5. The molecule has 5 nitrogen and oxygen atoms in total. The minimum absolute atomic E-state index is 0.116. The number of nitrogens with zero attached hydrogens (tertiary/aromatic N) is 1. The Balaban J connectivity index is 1.50. The fourth-order valence-electron chi connectivity index (χ4n) is 3.17. The van der Waals surface area contributed by atoms with E-state index < -0.39 is 0 Å². The smallest absolute Gasteiger partial charge is 0.289 e. The number of hydrogen-bond acceptors (Lipinski definition) is 3. The molecule has 136 valence electrons. The zero-order chi connectivity index (χ0) is 18.8. The van der Waals surface area contributed by atoms with Gasteiger partial charge in [-0.3, -0.25) is 9.59 Å². The van der Waals surface area contributed by atoms with Crippen LogP contribution in [0.1, 0.15) is 32.0 Å². The molecule has 3 aromatic rings. The second-order valence-corrected chi connectivity index (χ2v) is 7.31. The van der Waals surface area contributed by atoms with Crippen molar-refractivity contribution < 1.29 is 14.0 Å². The van der Waals surface area contributed by atoms with Crippen LogP contribution in [0.5, 0.6) is 0 Å². The molecular formula is C21H17BrN2O3. The van der Waals surface area contributed by atoms with Gasteiger partial charge in [0.1, 0.15) is 0 Å². The van der Waals surface area contributed by atoms with Crippen molar-refractivity contribution in [2.24, 2.45) is 0 Å². The fourth-order valence-corrected chi connectivity index (χ4v) is 3.43.